The Balaban J connectivity index is 2.57. The highest BCUT2D eigenvalue weighted by Gasteiger charge is 2.24. The quantitative estimate of drug-likeness (QED) is 0.901. The molecule has 118 valence electrons. The van der Waals surface area contributed by atoms with Gasteiger partial charge in [0.25, 0.3) is 0 Å². The Hall–Kier alpha value is -2.85. The zero-order valence-corrected chi connectivity index (χ0v) is 13.0. The molecule has 0 atom stereocenters. The maximum atomic E-state index is 12.4. The Morgan fingerprint density at radius 1 is 1.22 bits per heavy atom. The molecule has 0 saturated carbocycles. The van der Waals surface area contributed by atoms with Gasteiger partial charge in [0.2, 0.25) is 0 Å². The van der Waals surface area contributed by atoms with Crippen LogP contribution in [0.5, 0.6) is 5.75 Å². The first-order valence-corrected chi connectivity index (χ1v) is 8.17. The van der Waals surface area contributed by atoms with Crippen LogP contribution in [0.3, 0.4) is 0 Å². The van der Waals surface area contributed by atoms with Crippen molar-refractivity contribution >= 4 is 15.8 Å². The van der Waals surface area contributed by atoms with Crippen LogP contribution in [0.15, 0.2) is 47.4 Å². The van der Waals surface area contributed by atoms with Crippen molar-refractivity contribution < 1.29 is 23.1 Å². The summed E-state index contributed by atoms with van der Waals surface area (Å²) in [5.74, 6) is -1.99. The van der Waals surface area contributed by atoms with Gasteiger partial charge in [0.1, 0.15) is 11.6 Å². The van der Waals surface area contributed by atoms with E-state index in [9.17, 15) is 18.3 Å². The molecule has 0 fully saturated rings. The molecule has 0 amide bonds. The average molecular weight is 331 g/mol. The summed E-state index contributed by atoms with van der Waals surface area (Å²) in [6.45, 7) is 0. The average Bonchev–Trinajstić information content (AvgIpc) is 2.54. The van der Waals surface area contributed by atoms with Crippen molar-refractivity contribution in [2.24, 2.45) is 0 Å². The number of nitrogens with zero attached hydrogens (tertiary/aromatic N) is 1. The second-order valence-electron chi connectivity index (χ2n) is 4.67. The van der Waals surface area contributed by atoms with Crippen LogP contribution < -0.4 is 4.74 Å². The number of hydrogen-bond donors (Lipinski definition) is 1. The van der Waals surface area contributed by atoms with E-state index in [1.807, 2.05) is 6.07 Å². The van der Waals surface area contributed by atoms with Crippen LogP contribution in [0, 0.1) is 11.3 Å². The van der Waals surface area contributed by atoms with Crippen LogP contribution in [-0.4, -0.2) is 26.6 Å². The largest absolute Gasteiger partial charge is 0.494 e. The Morgan fingerprint density at radius 2 is 1.87 bits per heavy atom. The molecular weight excluding hydrogens is 318 g/mol. The summed E-state index contributed by atoms with van der Waals surface area (Å²) in [5.41, 5.74) is -0.214. The molecule has 0 bridgehead atoms. The van der Waals surface area contributed by atoms with E-state index in [0.29, 0.717) is 0 Å². The lowest BCUT2D eigenvalue weighted by molar-refractivity contribution is 0.0692. The van der Waals surface area contributed by atoms with E-state index in [0.717, 1.165) is 0 Å². The molecule has 0 unspecified atom stereocenters. The smallest absolute Gasteiger partial charge is 0.339 e. The van der Waals surface area contributed by atoms with Crippen molar-refractivity contribution in [3.05, 3.63) is 59.2 Å². The lowest BCUT2D eigenvalue weighted by Crippen LogP contribution is -2.12. The predicted octanol–water partition coefficient (Wildman–Crippen LogP) is 2.24. The number of methoxy groups -OCH3 is 1. The van der Waals surface area contributed by atoms with Crippen LogP contribution in [0.1, 0.15) is 21.5 Å². The van der Waals surface area contributed by atoms with Gasteiger partial charge in [-0.1, -0.05) is 24.3 Å². The van der Waals surface area contributed by atoms with E-state index in [4.69, 9.17) is 10.00 Å². The fourth-order valence-electron chi connectivity index (χ4n) is 2.19. The fraction of sp³-hybridized carbons (Fsp3) is 0.125. The molecule has 7 heteroatoms. The molecule has 0 radical (unpaired) electrons. The van der Waals surface area contributed by atoms with Crippen molar-refractivity contribution in [2.45, 2.75) is 10.6 Å². The molecule has 2 aromatic rings. The van der Waals surface area contributed by atoms with Crippen LogP contribution in [0.2, 0.25) is 0 Å². The zero-order chi connectivity index (χ0) is 17.0. The monoisotopic (exact) mass is 331 g/mol. The molecular formula is C16H13NO5S. The second kappa shape index (κ2) is 6.50. The number of rotatable bonds is 5. The lowest BCUT2D eigenvalue weighted by Gasteiger charge is -2.12. The number of nitriles is 1. The van der Waals surface area contributed by atoms with Gasteiger partial charge in [-0.15, -0.1) is 0 Å². The van der Waals surface area contributed by atoms with Crippen molar-refractivity contribution in [1.29, 1.82) is 5.26 Å². The molecule has 0 aromatic heterocycles. The maximum absolute atomic E-state index is 12.4. The van der Waals surface area contributed by atoms with E-state index in [2.05, 4.69) is 0 Å². The Morgan fingerprint density at radius 3 is 2.39 bits per heavy atom. The van der Waals surface area contributed by atoms with Crippen molar-refractivity contribution in [1.82, 2.24) is 0 Å². The molecule has 0 aliphatic heterocycles. The van der Waals surface area contributed by atoms with Gasteiger partial charge >= 0.3 is 5.97 Å². The fourth-order valence-corrected chi connectivity index (χ4v) is 3.58. The van der Waals surface area contributed by atoms with E-state index >= 15 is 0 Å². The predicted molar refractivity (Wildman–Crippen MR) is 82.0 cm³/mol. The van der Waals surface area contributed by atoms with Crippen LogP contribution in [-0.2, 0) is 15.6 Å². The first-order valence-electron chi connectivity index (χ1n) is 6.51. The highest BCUT2D eigenvalue weighted by atomic mass is 32.2. The SMILES string of the molecule is COc1c(C#N)ccc(CS(=O)(=O)c2ccccc2)c1C(=O)O. The standard InChI is InChI=1S/C16H13NO5S/c1-22-15-11(9-17)7-8-12(14(15)16(18)19)10-23(20,21)13-5-3-2-4-6-13/h2-8H,10H2,1H3,(H,18,19). The maximum Gasteiger partial charge on any atom is 0.339 e. The van der Waals surface area contributed by atoms with Gasteiger partial charge in [0, 0.05) is 0 Å². The summed E-state index contributed by atoms with van der Waals surface area (Å²) in [6, 6.07) is 12.2. The topological polar surface area (TPSA) is 104 Å². The summed E-state index contributed by atoms with van der Waals surface area (Å²) in [5, 5.41) is 18.4. The first-order chi connectivity index (χ1) is 10.9. The number of carbonyl (C=O) groups is 1. The summed E-state index contributed by atoms with van der Waals surface area (Å²) in [6.07, 6.45) is 0. The van der Waals surface area contributed by atoms with Gasteiger partial charge in [0.15, 0.2) is 15.6 Å². The molecule has 0 saturated heterocycles. The summed E-state index contributed by atoms with van der Waals surface area (Å²) < 4.78 is 29.9. The number of ether oxygens (including phenoxy) is 1. The number of benzene rings is 2. The van der Waals surface area contributed by atoms with E-state index in [1.165, 1.54) is 31.4 Å². The lowest BCUT2D eigenvalue weighted by atomic mass is 10.0. The van der Waals surface area contributed by atoms with E-state index in [-0.39, 0.29) is 27.3 Å². The molecule has 0 aliphatic rings. The summed E-state index contributed by atoms with van der Waals surface area (Å²) in [4.78, 5) is 11.6. The third-order valence-corrected chi connectivity index (χ3v) is 4.91. The van der Waals surface area contributed by atoms with E-state index in [1.54, 1.807) is 18.2 Å². The van der Waals surface area contributed by atoms with Gasteiger partial charge < -0.3 is 9.84 Å². The summed E-state index contributed by atoms with van der Waals surface area (Å²) >= 11 is 0. The minimum Gasteiger partial charge on any atom is -0.494 e. The van der Waals surface area contributed by atoms with Crippen LogP contribution in [0.25, 0.3) is 0 Å². The molecule has 1 N–H and O–H groups in total. The normalized spacial score (nSPS) is 10.8. The van der Waals surface area contributed by atoms with Gasteiger partial charge in [-0.2, -0.15) is 5.26 Å². The minimum absolute atomic E-state index is 0.0331. The van der Waals surface area contributed by atoms with Gasteiger partial charge in [-0.25, -0.2) is 13.2 Å². The zero-order valence-electron chi connectivity index (χ0n) is 12.2. The van der Waals surface area contributed by atoms with Gasteiger partial charge in [0.05, 0.1) is 23.3 Å². The highest BCUT2D eigenvalue weighted by Crippen LogP contribution is 2.29. The molecule has 2 aromatic carbocycles. The number of aromatic carboxylic acids is 1. The molecule has 6 nitrogen and oxygen atoms in total. The van der Waals surface area contributed by atoms with E-state index < -0.39 is 21.6 Å². The third kappa shape index (κ3) is 3.33. The molecule has 0 heterocycles. The summed E-state index contributed by atoms with van der Waals surface area (Å²) in [7, 11) is -2.48. The van der Waals surface area contributed by atoms with Crippen LogP contribution >= 0.6 is 0 Å². The van der Waals surface area contributed by atoms with Crippen molar-refractivity contribution in [2.75, 3.05) is 7.11 Å². The first kappa shape index (κ1) is 16.5. The molecule has 0 aliphatic carbocycles. The number of carboxylic acids is 1. The van der Waals surface area contributed by atoms with Crippen LogP contribution in [0.4, 0.5) is 0 Å². The minimum atomic E-state index is -3.72. The number of hydrogen-bond acceptors (Lipinski definition) is 5. The Kier molecular flexibility index (Phi) is 4.67. The number of sulfone groups is 1. The molecule has 23 heavy (non-hydrogen) atoms. The molecule has 0 spiro atoms. The van der Waals surface area contributed by atoms with Gasteiger partial charge in [-0.05, 0) is 23.8 Å². The Bertz CT molecular complexity index is 883. The van der Waals surface area contributed by atoms with Crippen molar-refractivity contribution in [3.8, 4) is 11.8 Å². The van der Waals surface area contributed by atoms with Crippen molar-refractivity contribution in [3.63, 3.8) is 0 Å². The van der Waals surface area contributed by atoms with Gasteiger partial charge in [-0.3, -0.25) is 0 Å². The third-order valence-electron chi connectivity index (χ3n) is 3.23. The molecule has 2 rings (SSSR count). The Labute approximate surface area is 133 Å². The second-order valence-corrected chi connectivity index (χ2v) is 6.66. The highest BCUT2D eigenvalue weighted by molar-refractivity contribution is 7.90. The number of carboxylic acid groups (broad SMARTS) is 1.